The van der Waals surface area contributed by atoms with E-state index in [1.165, 1.54) is 6.92 Å². The van der Waals surface area contributed by atoms with Crippen LogP contribution in [0.15, 0.2) is 59.7 Å². The van der Waals surface area contributed by atoms with Gasteiger partial charge in [0.2, 0.25) is 5.91 Å². The molecule has 1 amide bonds. The van der Waals surface area contributed by atoms with Crippen LogP contribution in [-0.2, 0) is 11.8 Å². The van der Waals surface area contributed by atoms with Crippen molar-refractivity contribution in [3.63, 3.8) is 0 Å². The molecule has 0 bridgehead atoms. The topological polar surface area (TPSA) is 46.4 Å². The molecule has 0 radical (unpaired) electrons. The Morgan fingerprint density at radius 3 is 2.50 bits per heavy atom. The summed E-state index contributed by atoms with van der Waals surface area (Å²) in [5, 5.41) is 5.16. The number of amides is 1. The van der Waals surface area contributed by atoms with Crippen LogP contribution in [-0.4, -0.2) is 16.7 Å². The Morgan fingerprint density at radius 2 is 1.77 bits per heavy atom. The van der Waals surface area contributed by atoms with Gasteiger partial charge in [-0.15, -0.1) is 0 Å². The van der Waals surface area contributed by atoms with Crippen LogP contribution < -0.4 is 5.43 Å². The molecule has 0 aliphatic rings. The Hall–Kier alpha value is -2.88. The second-order valence-corrected chi connectivity index (χ2v) is 5.13. The predicted octanol–water partition coefficient (Wildman–Crippen LogP) is 3.32. The van der Waals surface area contributed by atoms with Crippen molar-refractivity contribution in [1.29, 1.82) is 0 Å². The minimum atomic E-state index is -0.183. The number of carbonyl (C=O) groups is 1. The summed E-state index contributed by atoms with van der Waals surface area (Å²) < 4.78 is 2.15. The van der Waals surface area contributed by atoms with Gasteiger partial charge in [-0.2, -0.15) is 5.10 Å². The standard InChI is InChI=1S/C18H17N3O/c1-13(22)20-19-12-16-15-10-6-7-11-17(15)21(2)18(16)14-8-4-3-5-9-14/h3-12H,1-2H3,(H,20,22)/b19-12-. The molecule has 0 aliphatic carbocycles. The van der Waals surface area contributed by atoms with Gasteiger partial charge < -0.3 is 4.57 Å². The number of fused-ring (bicyclic) bond motifs is 1. The molecule has 22 heavy (non-hydrogen) atoms. The number of hydrogen-bond donors (Lipinski definition) is 1. The first-order valence-electron chi connectivity index (χ1n) is 7.11. The number of nitrogens with one attached hydrogen (secondary N) is 1. The van der Waals surface area contributed by atoms with Crippen molar-refractivity contribution >= 4 is 23.0 Å². The van der Waals surface area contributed by atoms with E-state index in [1.807, 2.05) is 37.4 Å². The molecule has 1 N–H and O–H groups in total. The maximum absolute atomic E-state index is 11.0. The third kappa shape index (κ3) is 2.51. The zero-order chi connectivity index (χ0) is 15.5. The molecule has 110 valence electrons. The zero-order valence-corrected chi connectivity index (χ0v) is 12.6. The van der Waals surface area contributed by atoms with Gasteiger partial charge in [0.05, 0.1) is 11.9 Å². The molecule has 1 heterocycles. The molecule has 4 nitrogen and oxygen atoms in total. The highest BCUT2D eigenvalue weighted by atomic mass is 16.2. The lowest BCUT2D eigenvalue weighted by Crippen LogP contribution is -2.12. The summed E-state index contributed by atoms with van der Waals surface area (Å²) in [6.07, 6.45) is 1.71. The minimum Gasteiger partial charge on any atom is -0.343 e. The number of hydrazone groups is 1. The maximum Gasteiger partial charge on any atom is 0.236 e. The first-order chi connectivity index (χ1) is 10.7. The van der Waals surface area contributed by atoms with Crippen molar-refractivity contribution in [2.75, 3.05) is 0 Å². The molecule has 0 atom stereocenters. The Kier molecular flexibility index (Phi) is 3.74. The van der Waals surface area contributed by atoms with Gasteiger partial charge in [0.25, 0.3) is 0 Å². The van der Waals surface area contributed by atoms with Crippen molar-refractivity contribution < 1.29 is 4.79 Å². The fraction of sp³-hybridized carbons (Fsp3) is 0.111. The summed E-state index contributed by atoms with van der Waals surface area (Å²) in [6.45, 7) is 1.44. The van der Waals surface area contributed by atoms with E-state index >= 15 is 0 Å². The van der Waals surface area contributed by atoms with Crippen LogP contribution in [0.2, 0.25) is 0 Å². The van der Waals surface area contributed by atoms with Crippen molar-refractivity contribution in [2.45, 2.75) is 6.92 Å². The quantitative estimate of drug-likeness (QED) is 0.584. The molecule has 3 aromatic rings. The first kappa shape index (κ1) is 14.1. The van der Waals surface area contributed by atoms with Crippen LogP contribution >= 0.6 is 0 Å². The highest BCUT2D eigenvalue weighted by Crippen LogP contribution is 2.31. The largest absolute Gasteiger partial charge is 0.343 e. The van der Waals surface area contributed by atoms with E-state index in [0.29, 0.717) is 0 Å². The molecule has 1 aromatic heterocycles. The lowest BCUT2D eigenvalue weighted by atomic mass is 10.1. The van der Waals surface area contributed by atoms with Crippen molar-refractivity contribution in [2.24, 2.45) is 12.1 Å². The van der Waals surface area contributed by atoms with Gasteiger partial charge in [0, 0.05) is 30.4 Å². The monoisotopic (exact) mass is 291 g/mol. The Bertz CT molecular complexity index is 847. The molecule has 0 aliphatic heterocycles. The highest BCUT2D eigenvalue weighted by molar-refractivity contribution is 6.06. The molecule has 0 unspecified atom stereocenters. The number of carbonyl (C=O) groups excluding carboxylic acids is 1. The number of aromatic nitrogens is 1. The molecule has 0 saturated heterocycles. The fourth-order valence-corrected chi connectivity index (χ4v) is 2.69. The summed E-state index contributed by atoms with van der Waals surface area (Å²) in [7, 11) is 2.04. The summed E-state index contributed by atoms with van der Waals surface area (Å²) in [4.78, 5) is 11.0. The highest BCUT2D eigenvalue weighted by Gasteiger charge is 2.14. The molecular weight excluding hydrogens is 274 g/mol. The van der Waals surface area contributed by atoms with Crippen LogP contribution in [0.5, 0.6) is 0 Å². The molecule has 2 aromatic carbocycles. The summed E-state index contributed by atoms with van der Waals surface area (Å²) in [5.41, 5.74) is 6.79. The number of aryl methyl sites for hydroxylation is 1. The number of nitrogens with zero attached hydrogens (tertiary/aromatic N) is 2. The van der Waals surface area contributed by atoms with Crippen LogP contribution in [0.4, 0.5) is 0 Å². The van der Waals surface area contributed by atoms with E-state index in [9.17, 15) is 4.79 Å². The van der Waals surface area contributed by atoms with E-state index in [-0.39, 0.29) is 5.91 Å². The lowest BCUT2D eigenvalue weighted by molar-refractivity contribution is -0.118. The van der Waals surface area contributed by atoms with Crippen LogP contribution in [0, 0.1) is 0 Å². The summed E-state index contributed by atoms with van der Waals surface area (Å²) >= 11 is 0. The van der Waals surface area contributed by atoms with E-state index in [2.05, 4.69) is 39.4 Å². The van der Waals surface area contributed by atoms with E-state index in [4.69, 9.17) is 0 Å². The third-order valence-electron chi connectivity index (χ3n) is 3.61. The number of benzene rings is 2. The van der Waals surface area contributed by atoms with Gasteiger partial charge >= 0.3 is 0 Å². The fourth-order valence-electron chi connectivity index (χ4n) is 2.69. The van der Waals surface area contributed by atoms with Gasteiger partial charge in [0.15, 0.2) is 0 Å². The van der Waals surface area contributed by atoms with Crippen LogP contribution in [0.3, 0.4) is 0 Å². The van der Waals surface area contributed by atoms with Crippen molar-refractivity contribution in [3.8, 4) is 11.3 Å². The Labute approximate surface area is 129 Å². The average Bonchev–Trinajstić information content (AvgIpc) is 2.81. The van der Waals surface area contributed by atoms with Gasteiger partial charge in [-0.1, -0.05) is 48.5 Å². The first-order valence-corrected chi connectivity index (χ1v) is 7.11. The van der Waals surface area contributed by atoms with E-state index in [1.54, 1.807) is 6.21 Å². The van der Waals surface area contributed by atoms with E-state index in [0.717, 1.165) is 27.7 Å². The SMILES string of the molecule is CC(=O)N/N=C\c1c(-c2ccccc2)n(C)c2ccccc12. The van der Waals surface area contributed by atoms with Gasteiger partial charge in [-0.25, -0.2) is 5.43 Å². The third-order valence-corrected chi connectivity index (χ3v) is 3.61. The molecule has 3 rings (SSSR count). The lowest BCUT2D eigenvalue weighted by Gasteiger charge is -2.06. The smallest absolute Gasteiger partial charge is 0.236 e. The number of para-hydroxylation sites is 1. The predicted molar refractivity (Wildman–Crippen MR) is 89.8 cm³/mol. The maximum atomic E-state index is 11.0. The molecule has 4 heteroatoms. The van der Waals surface area contributed by atoms with Gasteiger partial charge in [-0.3, -0.25) is 4.79 Å². The molecule has 0 fully saturated rings. The zero-order valence-electron chi connectivity index (χ0n) is 12.6. The van der Waals surface area contributed by atoms with E-state index < -0.39 is 0 Å². The number of hydrogen-bond acceptors (Lipinski definition) is 2. The Balaban J connectivity index is 2.23. The van der Waals surface area contributed by atoms with Crippen molar-refractivity contribution in [3.05, 3.63) is 60.2 Å². The molecule has 0 saturated carbocycles. The molecular formula is C18H17N3O. The van der Waals surface area contributed by atoms with Gasteiger partial charge in [-0.05, 0) is 11.6 Å². The second-order valence-electron chi connectivity index (χ2n) is 5.13. The summed E-state index contributed by atoms with van der Waals surface area (Å²) in [6, 6.07) is 18.3. The second kappa shape index (κ2) is 5.85. The summed E-state index contributed by atoms with van der Waals surface area (Å²) in [5.74, 6) is -0.183. The van der Waals surface area contributed by atoms with Crippen LogP contribution in [0.25, 0.3) is 22.2 Å². The normalized spacial score (nSPS) is 11.2. The van der Waals surface area contributed by atoms with Crippen LogP contribution in [0.1, 0.15) is 12.5 Å². The average molecular weight is 291 g/mol. The van der Waals surface area contributed by atoms with Gasteiger partial charge in [0.1, 0.15) is 0 Å². The minimum absolute atomic E-state index is 0.183. The van der Waals surface area contributed by atoms with Crippen molar-refractivity contribution in [1.82, 2.24) is 9.99 Å². The number of rotatable bonds is 3. The Morgan fingerprint density at radius 1 is 1.09 bits per heavy atom. The molecule has 0 spiro atoms.